The molecule has 37 heavy (non-hydrogen) atoms. The zero-order valence-corrected chi connectivity index (χ0v) is 22.2. The van der Waals surface area contributed by atoms with Crippen molar-refractivity contribution in [3.63, 3.8) is 0 Å². The van der Waals surface area contributed by atoms with Crippen molar-refractivity contribution in [2.75, 3.05) is 63.3 Å². The number of nitrogens with one attached hydrogen (secondary N) is 1. The van der Waals surface area contributed by atoms with Gasteiger partial charge >= 0.3 is 0 Å². The molecule has 0 aliphatic carbocycles. The molecule has 0 spiro atoms. The van der Waals surface area contributed by atoms with Gasteiger partial charge in [0.15, 0.2) is 0 Å². The first-order valence-electron chi connectivity index (χ1n) is 12.9. The van der Waals surface area contributed by atoms with Crippen LogP contribution in [-0.4, -0.2) is 74.0 Å². The second kappa shape index (κ2) is 12.0. The number of piperidine rings is 1. The molecule has 3 heterocycles. The molecule has 2 aliphatic heterocycles. The van der Waals surface area contributed by atoms with E-state index in [9.17, 15) is 0 Å². The van der Waals surface area contributed by atoms with Gasteiger partial charge in [0.05, 0.1) is 37.6 Å². The van der Waals surface area contributed by atoms with Crippen LogP contribution in [0.2, 0.25) is 5.02 Å². The second-order valence-corrected chi connectivity index (χ2v) is 9.66. The first-order chi connectivity index (χ1) is 18.1. The molecule has 1 N–H and O–H groups in total. The number of benzene rings is 2. The highest BCUT2D eigenvalue weighted by molar-refractivity contribution is 6.32. The SMILES string of the molecule is CCOc1cc(-c2cnc(Nc3ccc(N4CCC(N5CCOCC5)CC4)cc3OC)nc2)ccc1Cl. The van der Waals surface area contributed by atoms with Gasteiger partial charge in [0.25, 0.3) is 0 Å². The number of morpholine rings is 1. The smallest absolute Gasteiger partial charge is 0.227 e. The number of aromatic nitrogens is 2. The summed E-state index contributed by atoms with van der Waals surface area (Å²) in [6.07, 6.45) is 5.91. The van der Waals surface area contributed by atoms with E-state index in [1.807, 2.05) is 31.2 Å². The largest absolute Gasteiger partial charge is 0.494 e. The number of methoxy groups -OCH3 is 1. The normalized spacial score (nSPS) is 17.0. The summed E-state index contributed by atoms with van der Waals surface area (Å²) in [6.45, 7) is 8.38. The van der Waals surface area contributed by atoms with E-state index in [2.05, 4.69) is 37.2 Å². The lowest BCUT2D eigenvalue weighted by molar-refractivity contribution is 0.0115. The predicted molar refractivity (Wildman–Crippen MR) is 148 cm³/mol. The van der Waals surface area contributed by atoms with Gasteiger partial charge in [-0.3, -0.25) is 4.90 Å². The molecule has 196 valence electrons. The van der Waals surface area contributed by atoms with Crippen LogP contribution >= 0.6 is 11.6 Å². The van der Waals surface area contributed by atoms with Crippen molar-refractivity contribution in [3.05, 3.63) is 53.8 Å². The summed E-state index contributed by atoms with van der Waals surface area (Å²) in [5, 5.41) is 3.88. The van der Waals surface area contributed by atoms with Crippen molar-refractivity contribution in [1.82, 2.24) is 14.9 Å². The number of hydrogen-bond acceptors (Lipinski definition) is 8. The molecule has 0 saturated carbocycles. The zero-order chi connectivity index (χ0) is 25.6. The highest BCUT2D eigenvalue weighted by Gasteiger charge is 2.26. The standard InChI is InChI=1S/C28H34ClN5O3/c1-3-37-26-16-20(4-6-24(26)29)21-18-30-28(31-19-21)32-25-7-5-23(17-27(25)35-2)33-10-8-22(9-11-33)34-12-14-36-15-13-34/h4-7,16-19,22H,3,8-15H2,1-2H3,(H,30,31,32). The quantitative estimate of drug-likeness (QED) is 0.429. The predicted octanol–water partition coefficient (Wildman–Crippen LogP) is 5.25. The molecule has 0 radical (unpaired) electrons. The Morgan fingerprint density at radius 1 is 0.973 bits per heavy atom. The molecule has 2 fully saturated rings. The molecule has 9 heteroatoms. The van der Waals surface area contributed by atoms with Crippen LogP contribution in [0.1, 0.15) is 19.8 Å². The third-order valence-corrected chi connectivity index (χ3v) is 7.35. The molecule has 5 rings (SSSR count). The molecule has 0 unspecified atom stereocenters. The van der Waals surface area contributed by atoms with E-state index < -0.39 is 0 Å². The number of halogens is 1. The van der Waals surface area contributed by atoms with Gasteiger partial charge in [0.2, 0.25) is 5.95 Å². The van der Waals surface area contributed by atoms with E-state index in [1.54, 1.807) is 19.5 Å². The van der Waals surface area contributed by atoms with Gasteiger partial charge in [-0.25, -0.2) is 9.97 Å². The van der Waals surface area contributed by atoms with E-state index >= 15 is 0 Å². The van der Waals surface area contributed by atoms with Crippen LogP contribution in [0.4, 0.5) is 17.3 Å². The summed E-state index contributed by atoms with van der Waals surface area (Å²) in [7, 11) is 1.69. The summed E-state index contributed by atoms with van der Waals surface area (Å²) < 4.78 is 16.8. The van der Waals surface area contributed by atoms with Gasteiger partial charge < -0.3 is 24.4 Å². The molecule has 0 atom stereocenters. The minimum atomic E-state index is 0.500. The number of hydrogen-bond donors (Lipinski definition) is 1. The van der Waals surface area contributed by atoms with E-state index in [0.717, 1.165) is 62.0 Å². The lowest BCUT2D eigenvalue weighted by atomic mass is 10.0. The average Bonchev–Trinajstić information content (AvgIpc) is 2.95. The lowest BCUT2D eigenvalue weighted by Gasteiger charge is -2.40. The van der Waals surface area contributed by atoms with Crippen LogP contribution in [0, 0.1) is 0 Å². The maximum atomic E-state index is 6.22. The Kier molecular flexibility index (Phi) is 8.28. The van der Waals surface area contributed by atoms with Crippen LogP contribution in [0.5, 0.6) is 11.5 Å². The monoisotopic (exact) mass is 523 g/mol. The highest BCUT2D eigenvalue weighted by atomic mass is 35.5. The molecular formula is C28H34ClN5O3. The van der Waals surface area contributed by atoms with Crippen LogP contribution < -0.4 is 19.7 Å². The van der Waals surface area contributed by atoms with E-state index in [0.29, 0.717) is 29.4 Å². The van der Waals surface area contributed by atoms with Gasteiger partial charge in [-0.15, -0.1) is 0 Å². The molecule has 2 saturated heterocycles. The first-order valence-corrected chi connectivity index (χ1v) is 13.3. The van der Waals surface area contributed by atoms with Crippen molar-refractivity contribution >= 4 is 28.9 Å². The third-order valence-electron chi connectivity index (χ3n) is 7.04. The molecule has 1 aromatic heterocycles. The maximum Gasteiger partial charge on any atom is 0.227 e. The van der Waals surface area contributed by atoms with Crippen molar-refractivity contribution in [1.29, 1.82) is 0 Å². The summed E-state index contributed by atoms with van der Waals surface area (Å²) in [6, 6.07) is 12.6. The van der Waals surface area contributed by atoms with Crippen LogP contribution in [0.3, 0.4) is 0 Å². The number of rotatable bonds is 8. The van der Waals surface area contributed by atoms with Crippen LogP contribution in [0.25, 0.3) is 11.1 Å². The number of anilines is 3. The Hall–Kier alpha value is -3.07. The third kappa shape index (κ3) is 6.09. The highest BCUT2D eigenvalue weighted by Crippen LogP contribution is 2.34. The fourth-order valence-electron chi connectivity index (χ4n) is 5.02. The maximum absolute atomic E-state index is 6.22. The van der Waals surface area contributed by atoms with Gasteiger partial charge in [-0.1, -0.05) is 17.7 Å². The van der Waals surface area contributed by atoms with Gasteiger partial charge in [0, 0.05) is 61.9 Å². The minimum absolute atomic E-state index is 0.500. The van der Waals surface area contributed by atoms with E-state index in [-0.39, 0.29) is 0 Å². The molecule has 2 aliphatic rings. The Morgan fingerprint density at radius 3 is 2.43 bits per heavy atom. The minimum Gasteiger partial charge on any atom is -0.494 e. The number of ether oxygens (including phenoxy) is 3. The second-order valence-electron chi connectivity index (χ2n) is 9.25. The molecule has 0 amide bonds. The van der Waals surface area contributed by atoms with Crippen molar-refractivity contribution in [2.45, 2.75) is 25.8 Å². The summed E-state index contributed by atoms with van der Waals surface area (Å²) in [4.78, 5) is 14.1. The molecule has 8 nitrogen and oxygen atoms in total. The van der Waals surface area contributed by atoms with Crippen molar-refractivity contribution in [2.24, 2.45) is 0 Å². The number of nitrogens with zero attached hydrogens (tertiary/aromatic N) is 4. The fourth-order valence-corrected chi connectivity index (χ4v) is 5.19. The molecule has 0 bridgehead atoms. The van der Waals surface area contributed by atoms with Crippen molar-refractivity contribution in [3.8, 4) is 22.6 Å². The Labute approximate surface area is 223 Å². The Morgan fingerprint density at radius 2 is 1.73 bits per heavy atom. The molecular weight excluding hydrogens is 490 g/mol. The summed E-state index contributed by atoms with van der Waals surface area (Å²) in [5.41, 5.74) is 3.82. The average molecular weight is 524 g/mol. The summed E-state index contributed by atoms with van der Waals surface area (Å²) in [5.74, 6) is 1.92. The topological polar surface area (TPSA) is 72.0 Å². The molecule has 2 aromatic carbocycles. The first kappa shape index (κ1) is 25.6. The van der Waals surface area contributed by atoms with Gasteiger partial charge in [0.1, 0.15) is 11.5 Å². The van der Waals surface area contributed by atoms with Crippen LogP contribution in [-0.2, 0) is 4.74 Å². The Balaban J connectivity index is 1.23. The Bertz CT molecular complexity index is 1180. The zero-order valence-electron chi connectivity index (χ0n) is 21.5. The lowest BCUT2D eigenvalue weighted by Crippen LogP contribution is -2.49. The summed E-state index contributed by atoms with van der Waals surface area (Å²) >= 11 is 6.22. The van der Waals surface area contributed by atoms with E-state index in [1.165, 1.54) is 18.5 Å². The van der Waals surface area contributed by atoms with Crippen molar-refractivity contribution < 1.29 is 14.2 Å². The van der Waals surface area contributed by atoms with Gasteiger partial charge in [-0.2, -0.15) is 0 Å². The fraction of sp³-hybridized carbons (Fsp3) is 0.429. The van der Waals surface area contributed by atoms with Gasteiger partial charge in [-0.05, 0) is 49.6 Å². The van der Waals surface area contributed by atoms with Crippen LogP contribution in [0.15, 0.2) is 48.8 Å². The van der Waals surface area contributed by atoms with E-state index in [4.69, 9.17) is 25.8 Å². The molecule has 3 aromatic rings.